The first kappa shape index (κ1) is 16.1. The molecule has 0 bridgehead atoms. The van der Waals surface area contributed by atoms with Gasteiger partial charge in [0.1, 0.15) is 6.04 Å². The third kappa shape index (κ3) is 5.37. The molecule has 0 aromatic heterocycles. The van der Waals surface area contributed by atoms with E-state index in [4.69, 9.17) is 6.42 Å². The first-order valence-corrected chi connectivity index (χ1v) is 7.64. The molecule has 0 fully saturated rings. The molecule has 0 aliphatic carbocycles. The van der Waals surface area contributed by atoms with E-state index in [0.717, 1.165) is 5.75 Å². The summed E-state index contributed by atoms with van der Waals surface area (Å²) in [5.41, 5.74) is 0.534. The van der Waals surface area contributed by atoms with E-state index in [0.29, 0.717) is 12.0 Å². The van der Waals surface area contributed by atoms with Crippen molar-refractivity contribution in [2.24, 2.45) is 0 Å². The highest BCUT2D eigenvalue weighted by molar-refractivity contribution is 7.98. The van der Waals surface area contributed by atoms with Crippen LogP contribution < -0.4 is 10.6 Å². The summed E-state index contributed by atoms with van der Waals surface area (Å²) in [6.45, 7) is 0.163. The van der Waals surface area contributed by atoms with Gasteiger partial charge < -0.3 is 10.6 Å². The molecule has 4 nitrogen and oxygen atoms in total. The zero-order chi connectivity index (χ0) is 14.8. The Hall–Kier alpha value is -1.93. The van der Waals surface area contributed by atoms with Crippen LogP contribution in [-0.4, -0.2) is 36.4 Å². The van der Waals surface area contributed by atoms with E-state index in [1.165, 1.54) is 0 Å². The molecule has 106 valence electrons. The largest absolute Gasteiger partial charge is 0.343 e. The summed E-state index contributed by atoms with van der Waals surface area (Å²) >= 11 is 1.62. The van der Waals surface area contributed by atoms with Gasteiger partial charge in [-0.1, -0.05) is 24.1 Å². The third-order valence-electron chi connectivity index (χ3n) is 2.63. The number of hydrogen-bond donors (Lipinski definition) is 2. The summed E-state index contributed by atoms with van der Waals surface area (Å²) in [6.07, 6.45) is 7.63. The molecule has 0 saturated carbocycles. The number of thioether (sulfide) groups is 1. The minimum absolute atomic E-state index is 0.163. The van der Waals surface area contributed by atoms with Crippen molar-refractivity contribution in [3.8, 4) is 12.3 Å². The average Bonchev–Trinajstić information content (AvgIpc) is 2.49. The second-order valence-corrected chi connectivity index (χ2v) is 5.08. The Bertz CT molecular complexity index is 482. The van der Waals surface area contributed by atoms with Crippen molar-refractivity contribution in [2.45, 2.75) is 12.5 Å². The Balaban J connectivity index is 2.66. The molecule has 1 unspecified atom stereocenters. The van der Waals surface area contributed by atoms with E-state index in [2.05, 4.69) is 16.6 Å². The number of rotatable bonds is 7. The fourth-order valence-electron chi connectivity index (χ4n) is 1.60. The van der Waals surface area contributed by atoms with E-state index in [9.17, 15) is 9.59 Å². The minimum atomic E-state index is -0.566. The fraction of sp³-hybridized carbons (Fsp3) is 0.333. The molecule has 1 rings (SSSR count). The van der Waals surface area contributed by atoms with Crippen molar-refractivity contribution in [1.82, 2.24) is 10.6 Å². The van der Waals surface area contributed by atoms with E-state index >= 15 is 0 Å². The molecule has 1 atom stereocenters. The van der Waals surface area contributed by atoms with Gasteiger partial charge in [0.05, 0.1) is 6.54 Å². The first-order chi connectivity index (χ1) is 9.69. The molecule has 0 radical (unpaired) electrons. The second-order valence-electron chi connectivity index (χ2n) is 4.10. The van der Waals surface area contributed by atoms with Gasteiger partial charge in [-0.2, -0.15) is 11.8 Å². The lowest BCUT2D eigenvalue weighted by Crippen LogP contribution is -2.47. The third-order valence-corrected chi connectivity index (χ3v) is 3.28. The molecule has 0 saturated heterocycles. The van der Waals surface area contributed by atoms with E-state index < -0.39 is 6.04 Å². The normalized spacial score (nSPS) is 11.2. The molecule has 20 heavy (non-hydrogen) atoms. The lowest BCUT2D eigenvalue weighted by Gasteiger charge is -2.17. The molecule has 2 N–H and O–H groups in total. The Morgan fingerprint density at radius 3 is 2.65 bits per heavy atom. The summed E-state index contributed by atoms with van der Waals surface area (Å²) in [6, 6.07) is 8.25. The number of carbonyl (C=O) groups is 2. The zero-order valence-corrected chi connectivity index (χ0v) is 12.2. The van der Waals surface area contributed by atoms with E-state index in [1.54, 1.807) is 36.0 Å². The molecule has 0 spiro atoms. The molecular weight excluding hydrogens is 272 g/mol. The van der Waals surface area contributed by atoms with Crippen LogP contribution in [0.2, 0.25) is 0 Å². The Morgan fingerprint density at radius 2 is 2.05 bits per heavy atom. The van der Waals surface area contributed by atoms with E-state index in [-0.39, 0.29) is 18.4 Å². The first-order valence-electron chi connectivity index (χ1n) is 6.25. The fourth-order valence-corrected chi connectivity index (χ4v) is 2.07. The summed E-state index contributed by atoms with van der Waals surface area (Å²) in [4.78, 5) is 24.0. The predicted octanol–water partition coefficient (Wildman–Crippen LogP) is 1.29. The number of nitrogens with one attached hydrogen (secondary N) is 2. The van der Waals surface area contributed by atoms with Crippen LogP contribution in [0.3, 0.4) is 0 Å². The minimum Gasteiger partial charge on any atom is -0.343 e. The monoisotopic (exact) mass is 290 g/mol. The van der Waals surface area contributed by atoms with Crippen LogP contribution in [0.4, 0.5) is 0 Å². The van der Waals surface area contributed by atoms with Crippen LogP contribution in [0.25, 0.3) is 0 Å². The van der Waals surface area contributed by atoms with Crippen molar-refractivity contribution in [3.63, 3.8) is 0 Å². The standard InChI is InChI=1S/C15H18N2O2S/c1-3-10-16-15(19)13(9-11-20-2)17-14(18)12-7-5-4-6-8-12/h1,4-8,13H,9-11H2,2H3,(H,16,19)(H,17,18). The summed E-state index contributed by atoms with van der Waals surface area (Å²) < 4.78 is 0. The lowest BCUT2D eigenvalue weighted by molar-refractivity contribution is -0.122. The molecule has 2 amide bonds. The van der Waals surface area contributed by atoms with Crippen molar-refractivity contribution >= 4 is 23.6 Å². The molecule has 1 aromatic rings. The molecule has 0 heterocycles. The highest BCUT2D eigenvalue weighted by Crippen LogP contribution is 2.04. The maximum atomic E-state index is 12.1. The maximum Gasteiger partial charge on any atom is 0.251 e. The van der Waals surface area contributed by atoms with Crippen LogP contribution in [0.5, 0.6) is 0 Å². The topological polar surface area (TPSA) is 58.2 Å². The number of benzene rings is 1. The van der Waals surface area contributed by atoms with Crippen molar-refractivity contribution < 1.29 is 9.59 Å². The number of carbonyl (C=O) groups excluding carboxylic acids is 2. The SMILES string of the molecule is C#CCNC(=O)C(CCSC)NC(=O)c1ccccc1. The van der Waals surface area contributed by atoms with Gasteiger partial charge >= 0.3 is 0 Å². The van der Waals surface area contributed by atoms with Gasteiger partial charge in [-0.3, -0.25) is 9.59 Å². The summed E-state index contributed by atoms with van der Waals surface area (Å²) in [5, 5.41) is 5.34. The molecule has 0 aliphatic rings. The summed E-state index contributed by atoms with van der Waals surface area (Å²) in [5.74, 6) is 2.62. The summed E-state index contributed by atoms with van der Waals surface area (Å²) in [7, 11) is 0. The van der Waals surface area contributed by atoms with Gasteiger partial charge in [-0.25, -0.2) is 0 Å². The van der Waals surface area contributed by atoms with Gasteiger partial charge in [0.25, 0.3) is 5.91 Å². The quantitative estimate of drug-likeness (QED) is 0.744. The lowest BCUT2D eigenvalue weighted by atomic mass is 10.1. The van der Waals surface area contributed by atoms with Gasteiger partial charge in [0.15, 0.2) is 0 Å². The van der Waals surface area contributed by atoms with Crippen molar-refractivity contribution in [3.05, 3.63) is 35.9 Å². The average molecular weight is 290 g/mol. The van der Waals surface area contributed by atoms with Gasteiger partial charge in [-0.15, -0.1) is 6.42 Å². The Labute approximate surface area is 123 Å². The van der Waals surface area contributed by atoms with Crippen LogP contribution in [-0.2, 0) is 4.79 Å². The second kappa shape index (κ2) is 9.05. The van der Waals surface area contributed by atoms with Crippen molar-refractivity contribution in [1.29, 1.82) is 0 Å². The number of hydrogen-bond acceptors (Lipinski definition) is 3. The number of amides is 2. The molecule has 1 aromatic carbocycles. The van der Waals surface area contributed by atoms with Gasteiger partial charge in [-0.05, 0) is 30.6 Å². The molecular formula is C15H18N2O2S. The van der Waals surface area contributed by atoms with Crippen LogP contribution in [0, 0.1) is 12.3 Å². The Kier molecular flexibility index (Phi) is 7.30. The van der Waals surface area contributed by atoms with Crippen LogP contribution >= 0.6 is 11.8 Å². The predicted molar refractivity (Wildman–Crippen MR) is 82.5 cm³/mol. The maximum absolute atomic E-state index is 12.1. The Morgan fingerprint density at radius 1 is 1.35 bits per heavy atom. The van der Waals surface area contributed by atoms with Crippen LogP contribution in [0.1, 0.15) is 16.8 Å². The van der Waals surface area contributed by atoms with Crippen molar-refractivity contribution in [2.75, 3.05) is 18.6 Å². The van der Waals surface area contributed by atoms with Gasteiger partial charge in [0.2, 0.25) is 5.91 Å². The van der Waals surface area contributed by atoms with Gasteiger partial charge in [0, 0.05) is 5.56 Å². The van der Waals surface area contributed by atoms with E-state index in [1.807, 2.05) is 12.3 Å². The van der Waals surface area contributed by atoms with Crippen LogP contribution in [0.15, 0.2) is 30.3 Å². The number of terminal acetylenes is 1. The highest BCUT2D eigenvalue weighted by atomic mass is 32.2. The highest BCUT2D eigenvalue weighted by Gasteiger charge is 2.20. The molecule has 5 heteroatoms. The zero-order valence-electron chi connectivity index (χ0n) is 11.4. The molecule has 0 aliphatic heterocycles. The smallest absolute Gasteiger partial charge is 0.251 e.